The van der Waals surface area contributed by atoms with Crippen molar-refractivity contribution >= 4 is 29.3 Å². The number of hydrogen-bond acceptors (Lipinski definition) is 4. The summed E-state index contributed by atoms with van der Waals surface area (Å²) in [5, 5.41) is 13.4. The summed E-state index contributed by atoms with van der Waals surface area (Å²) >= 11 is 7.94. The molecule has 0 saturated carbocycles. The van der Waals surface area contributed by atoms with E-state index in [0.717, 1.165) is 28.0 Å². The summed E-state index contributed by atoms with van der Waals surface area (Å²) in [7, 11) is 0. The number of nitrogens with one attached hydrogen (secondary N) is 1. The molecule has 1 amide bonds. The highest BCUT2D eigenvalue weighted by Gasteiger charge is 2.16. The van der Waals surface area contributed by atoms with Crippen molar-refractivity contribution < 1.29 is 4.79 Å². The van der Waals surface area contributed by atoms with Crippen LogP contribution < -0.4 is 5.32 Å². The second-order valence-electron chi connectivity index (χ2n) is 8.61. The summed E-state index contributed by atoms with van der Waals surface area (Å²) in [6.45, 7) is 4.77. The maximum Gasteiger partial charge on any atom is 0.220 e. The highest BCUT2D eigenvalue weighted by atomic mass is 35.5. The number of rotatable bonds is 10. The van der Waals surface area contributed by atoms with E-state index in [1.54, 1.807) is 11.8 Å². The molecule has 4 rings (SSSR count). The number of halogens is 1. The molecular weight excluding hydrogens is 476 g/mol. The number of nitrogens with zero attached hydrogens (tertiary/aromatic N) is 3. The molecule has 4 aromatic rings. The number of aryl methyl sites for hydroxylation is 3. The van der Waals surface area contributed by atoms with Gasteiger partial charge in [-0.15, -0.1) is 10.2 Å². The van der Waals surface area contributed by atoms with Crippen molar-refractivity contribution in [3.63, 3.8) is 0 Å². The zero-order valence-electron chi connectivity index (χ0n) is 20.0. The van der Waals surface area contributed by atoms with Gasteiger partial charge < -0.3 is 5.32 Å². The van der Waals surface area contributed by atoms with Gasteiger partial charge in [0.2, 0.25) is 5.91 Å². The number of carbonyl (C=O) groups excluding carboxylic acids is 1. The van der Waals surface area contributed by atoms with Gasteiger partial charge in [0.15, 0.2) is 5.16 Å². The lowest BCUT2D eigenvalue weighted by atomic mass is 10.1. The molecule has 1 heterocycles. The van der Waals surface area contributed by atoms with Crippen LogP contribution in [0.3, 0.4) is 0 Å². The molecule has 35 heavy (non-hydrogen) atoms. The quantitative estimate of drug-likeness (QED) is 0.251. The Balaban J connectivity index is 1.43. The molecule has 7 heteroatoms. The van der Waals surface area contributed by atoms with Gasteiger partial charge in [0.05, 0.1) is 5.69 Å². The standard InChI is InChI=1S/C28H29ClN4OS/c1-20-14-21(2)16-23(15-20)19-35-28-32-31-26(33(28)25-11-6-10-24(29)17-25)12-7-13-27(34)30-18-22-8-4-3-5-9-22/h3-6,8-11,14-17H,7,12-13,18-19H2,1-2H3,(H,30,34). The monoisotopic (exact) mass is 504 g/mol. The maximum atomic E-state index is 12.4. The first-order chi connectivity index (χ1) is 17.0. The Morgan fingerprint density at radius 1 is 0.943 bits per heavy atom. The van der Waals surface area contributed by atoms with Crippen molar-refractivity contribution in [2.24, 2.45) is 0 Å². The third kappa shape index (κ3) is 7.20. The number of amides is 1. The minimum atomic E-state index is 0.0343. The maximum absolute atomic E-state index is 12.4. The van der Waals surface area contributed by atoms with E-state index in [2.05, 4.69) is 52.1 Å². The summed E-state index contributed by atoms with van der Waals surface area (Å²) in [4.78, 5) is 12.4. The first-order valence-corrected chi connectivity index (χ1v) is 13.0. The molecule has 0 spiro atoms. The molecule has 0 saturated heterocycles. The Morgan fingerprint density at radius 3 is 2.46 bits per heavy atom. The highest BCUT2D eigenvalue weighted by molar-refractivity contribution is 7.98. The molecule has 180 valence electrons. The highest BCUT2D eigenvalue weighted by Crippen LogP contribution is 2.27. The largest absolute Gasteiger partial charge is 0.352 e. The normalized spacial score (nSPS) is 10.9. The number of thioether (sulfide) groups is 1. The van der Waals surface area contributed by atoms with Gasteiger partial charge in [0.1, 0.15) is 5.82 Å². The predicted octanol–water partition coefficient (Wildman–Crippen LogP) is 6.47. The summed E-state index contributed by atoms with van der Waals surface area (Å²) in [5.41, 5.74) is 5.78. The van der Waals surface area contributed by atoms with Gasteiger partial charge in [-0.2, -0.15) is 0 Å². The fraction of sp³-hybridized carbons (Fsp3) is 0.250. The van der Waals surface area contributed by atoms with Crippen molar-refractivity contribution in [1.82, 2.24) is 20.1 Å². The lowest BCUT2D eigenvalue weighted by Gasteiger charge is -2.11. The molecule has 0 radical (unpaired) electrons. The smallest absolute Gasteiger partial charge is 0.220 e. The van der Waals surface area contributed by atoms with Gasteiger partial charge in [-0.05, 0) is 49.6 Å². The van der Waals surface area contributed by atoms with E-state index >= 15 is 0 Å². The van der Waals surface area contributed by atoms with Crippen LogP contribution in [0, 0.1) is 13.8 Å². The van der Waals surface area contributed by atoms with E-state index < -0.39 is 0 Å². The number of aromatic nitrogens is 3. The van der Waals surface area contributed by atoms with Crippen LogP contribution in [0.2, 0.25) is 5.02 Å². The summed E-state index contributed by atoms with van der Waals surface area (Å²) in [5.74, 6) is 1.65. The van der Waals surface area contributed by atoms with Crippen molar-refractivity contribution in [2.45, 2.75) is 50.6 Å². The topological polar surface area (TPSA) is 59.8 Å². The minimum Gasteiger partial charge on any atom is -0.352 e. The van der Waals surface area contributed by atoms with Crippen LogP contribution in [0.15, 0.2) is 78.0 Å². The van der Waals surface area contributed by atoms with Crippen LogP contribution >= 0.6 is 23.4 Å². The van der Waals surface area contributed by atoms with Crippen molar-refractivity contribution in [3.05, 3.63) is 106 Å². The minimum absolute atomic E-state index is 0.0343. The van der Waals surface area contributed by atoms with Crippen LogP contribution in [-0.4, -0.2) is 20.7 Å². The van der Waals surface area contributed by atoms with E-state index in [9.17, 15) is 4.79 Å². The molecule has 0 aliphatic heterocycles. The number of carbonyl (C=O) groups is 1. The Bertz CT molecular complexity index is 1270. The van der Waals surface area contributed by atoms with Crippen LogP contribution in [0.4, 0.5) is 0 Å². The molecule has 0 aliphatic carbocycles. The third-order valence-corrected chi connectivity index (χ3v) is 6.79. The average molecular weight is 505 g/mol. The molecule has 0 aliphatic rings. The Morgan fingerprint density at radius 2 is 1.71 bits per heavy atom. The fourth-order valence-corrected chi connectivity index (χ4v) is 5.11. The second-order valence-corrected chi connectivity index (χ2v) is 9.99. The molecular formula is C28H29ClN4OS. The van der Waals surface area contributed by atoms with Gasteiger partial charge in [0.25, 0.3) is 0 Å². The van der Waals surface area contributed by atoms with Crippen LogP contribution in [0.5, 0.6) is 0 Å². The molecule has 1 N–H and O–H groups in total. The summed E-state index contributed by atoms with van der Waals surface area (Å²) < 4.78 is 2.06. The summed E-state index contributed by atoms with van der Waals surface area (Å²) in [6.07, 6.45) is 1.75. The first-order valence-electron chi connectivity index (χ1n) is 11.7. The zero-order valence-corrected chi connectivity index (χ0v) is 21.6. The SMILES string of the molecule is Cc1cc(C)cc(CSc2nnc(CCCC(=O)NCc3ccccc3)n2-c2cccc(Cl)c2)c1. The van der Waals surface area contributed by atoms with Gasteiger partial charge in [0, 0.05) is 30.2 Å². The predicted molar refractivity (Wildman–Crippen MR) is 143 cm³/mol. The molecule has 0 fully saturated rings. The molecule has 0 bridgehead atoms. The fourth-order valence-electron chi connectivity index (χ4n) is 4.02. The van der Waals surface area contributed by atoms with E-state index in [1.165, 1.54) is 16.7 Å². The zero-order chi connectivity index (χ0) is 24.6. The van der Waals surface area contributed by atoms with Crippen LogP contribution in [0.1, 0.15) is 40.9 Å². The van der Waals surface area contributed by atoms with Crippen molar-refractivity contribution in [2.75, 3.05) is 0 Å². The van der Waals surface area contributed by atoms with E-state index in [4.69, 9.17) is 11.6 Å². The van der Waals surface area contributed by atoms with Crippen LogP contribution in [0.25, 0.3) is 5.69 Å². The van der Waals surface area contributed by atoms with Gasteiger partial charge in [-0.25, -0.2) is 0 Å². The molecule has 5 nitrogen and oxygen atoms in total. The lowest BCUT2D eigenvalue weighted by Crippen LogP contribution is -2.22. The summed E-state index contributed by atoms with van der Waals surface area (Å²) in [6, 6.07) is 24.2. The molecule has 3 aromatic carbocycles. The average Bonchev–Trinajstić information content (AvgIpc) is 3.24. The second kappa shape index (κ2) is 12.0. The van der Waals surface area contributed by atoms with Gasteiger partial charge in [-0.3, -0.25) is 9.36 Å². The van der Waals surface area contributed by atoms with Crippen LogP contribution in [-0.2, 0) is 23.5 Å². The number of benzene rings is 3. The molecule has 0 unspecified atom stereocenters. The lowest BCUT2D eigenvalue weighted by molar-refractivity contribution is -0.121. The van der Waals surface area contributed by atoms with Gasteiger partial charge >= 0.3 is 0 Å². The van der Waals surface area contributed by atoms with E-state index in [0.29, 0.717) is 30.8 Å². The Kier molecular flexibility index (Phi) is 8.61. The van der Waals surface area contributed by atoms with Crippen molar-refractivity contribution in [1.29, 1.82) is 0 Å². The first kappa shape index (κ1) is 25.0. The molecule has 1 aromatic heterocycles. The Hall–Kier alpha value is -3.09. The van der Waals surface area contributed by atoms with Crippen molar-refractivity contribution in [3.8, 4) is 5.69 Å². The number of hydrogen-bond donors (Lipinski definition) is 1. The third-order valence-electron chi connectivity index (χ3n) is 5.55. The van der Waals surface area contributed by atoms with E-state index in [1.807, 2.05) is 54.6 Å². The van der Waals surface area contributed by atoms with Gasteiger partial charge in [-0.1, -0.05) is 89.1 Å². The molecule has 0 atom stereocenters. The van der Waals surface area contributed by atoms with E-state index in [-0.39, 0.29) is 5.91 Å². The Labute approximate surface area is 215 Å².